The highest BCUT2D eigenvalue weighted by Gasteiger charge is 2.07. The molecule has 0 spiro atoms. The smallest absolute Gasteiger partial charge is 0.228 e. The van der Waals surface area contributed by atoms with Crippen LogP contribution in [-0.4, -0.2) is 12.5 Å². The van der Waals surface area contributed by atoms with Crippen molar-refractivity contribution in [1.82, 2.24) is 0 Å². The number of carbonyl (C=O) groups is 1. The average Bonchev–Trinajstić information content (AvgIpc) is 2.46. The summed E-state index contributed by atoms with van der Waals surface area (Å²) in [6.07, 6.45) is 0.318. The molecule has 0 atom stereocenters. The fraction of sp³-hybridized carbons (Fsp3) is 0.235. The lowest BCUT2D eigenvalue weighted by Crippen LogP contribution is -2.15. The van der Waals surface area contributed by atoms with Crippen LogP contribution < -0.4 is 10.1 Å². The highest BCUT2D eigenvalue weighted by molar-refractivity contribution is 6.31. The van der Waals surface area contributed by atoms with Crippen molar-refractivity contribution in [3.8, 4) is 5.75 Å². The first-order chi connectivity index (χ1) is 10.1. The van der Waals surface area contributed by atoms with Gasteiger partial charge in [-0.05, 0) is 49.2 Å². The Labute approximate surface area is 129 Å². The van der Waals surface area contributed by atoms with E-state index < -0.39 is 0 Å². The number of nitrogens with one attached hydrogen (secondary N) is 1. The van der Waals surface area contributed by atoms with E-state index >= 15 is 0 Å². The average molecular weight is 304 g/mol. The maximum absolute atomic E-state index is 12.1. The summed E-state index contributed by atoms with van der Waals surface area (Å²) in [6.45, 7) is 4.46. The van der Waals surface area contributed by atoms with Crippen LogP contribution in [0.3, 0.4) is 0 Å². The van der Waals surface area contributed by atoms with E-state index in [1.54, 1.807) is 6.07 Å². The molecule has 0 aliphatic heterocycles. The van der Waals surface area contributed by atoms with Gasteiger partial charge in [0.25, 0.3) is 0 Å². The minimum absolute atomic E-state index is 0.0653. The molecular formula is C17H18ClNO2. The number of carbonyl (C=O) groups excluding carboxylic acids is 1. The quantitative estimate of drug-likeness (QED) is 0.897. The van der Waals surface area contributed by atoms with E-state index in [0.717, 1.165) is 22.6 Å². The Hall–Kier alpha value is -2.00. The molecule has 0 bridgehead atoms. The number of hydrogen-bond acceptors (Lipinski definition) is 2. The van der Waals surface area contributed by atoms with Crippen molar-refractivity contribution in [2.24, 2.45) is 0 Å². The van der Waals surface area contributed by atoms with Crippen LogP contribution in [0.4, 0.5) is 5.69 Å². The number of anilines is 1. The summed E-state index contributed by atoms with van der Waals surface area (Å²) in [6, 6.07) is 13.0. The van der Waals surface area contributed by atoms with E-state index in [9.17, 15) is 4.79 Å². The van der Waals surface area contributed by atoms with Crippen LogP contribution in [0, 0.1) is 6.92 Å². The Morgan fingerprint density at radius 2 is 1.90 bits per heavy atom. The number of halogens is 1. The van der Waals surface area contributed by atoms with Crippen LogP contribution in [0.25, 0.3) is 0 Å². The molecule has 1 amide bonds. The second-order valence-corrected chi connectivity index (χ2v) is 5.12. The van der Waals surface area contributed by atoms with Crippen molar-refractivity contribution in [1.29, 1.82) is 0 Å². The second-order valence-electron chi connectivity index (χ2n) is 4.71. The van der Waals surface area contributed by atoms with E-state index in [-0.39, 0.29) is 5.91 Å². The summed E-state index contributed by atoms with van der Waals surface area (Å²) in [5.74, 6) is 0.747. The first-order valence-electron chi connectivity index (χ1n) is 6.87. The monoisotopic (exact) mass is 303 g/mol. The molecule has 0 aromatic heterocycles. The van der Waals surface area contributed by atoms with E-state index in [4.69, 9.17) is 16.3 Å². The third-order valence-electron chi connectivity index (χ3n) is 3.14. The van der Waals surface area contributed by atoms with Crippen LogP contribution in [-0.2, 0) is 11.2 Å². The van der Waals surface area contributed by atoms with Crippen LogP contribution in [0.2, 0.25) is 5.02 Å². The molecule has 110 valence electrons. The van der Waals surface area contributed by atoms with Gasteiger partial charge in [-0.25, -0.2) is 0 Å². The van der Waals surface area contributed by atoms with E-state index in [1.807, 2.05) is 50.2 Å². The molecule has 3 nitrogen and oxygen atoms in total. The van der Waals surface area contributed by atoms with Gasteiger partial charge in [-0.1, -0.05) is 29.8 Å². The van der Waals surface area contributed by atoms with Crippen LogP contribution >= 0.6 is 11.6 Å². The normalized spacial score (nSPS) is 10.2. The summed E-state index contributed by atoms with van der Waals surface area (Å²) in [7, 11) is 0. The number of rotatable bonds is 5. The van der Waals surface area contributed by atoms with Crippen molar-refractivity contribution >= 4 is 23.2 Å². The Morgan fingerprint density at radius 1 is 1.19 bits per heavy atom. The molecule has 0 saturated heterocycles. The molecule has 0 heterocycles. The van der Waals surface area contributed by atoms with Gasteiger partial charge < -0.3 is 10.1 Å². The summed E-state index contributed by atoms with van der Waals surface area (Å²) in [5.41, 5.74) is 2.56. The minimum Gasteiger partial charge on any atom is -0.494 e. The van der Waals surface area contributed by atoms with Gasteiger partial charge in [0.05, 0.1) is 13.0 Å². The van der Waals surface area contributed by atoms with Crippen molar-refractivity contribution in [2.75, 3.05) is 11.9 Å². The molecule has 0 unspecified atom stereocenters. The molecule has 1 N–H and O–H groups in total. The van der Waals surface area contributed by atoms with Crippen molar-refractivity contribution in [3.05, 3.63) is 58.6 Å². The molecule has 0 aliphatic carbocycles. The summed E-state index contributed by atoms with van der Waals surface area (Å²) < 4.78 is 5.38. The molecule has 0 saturated carbocycles. The topological polar surface area (TPSA) is 38.3 Å². The van der Waals surface area contributed by atoms with Gasteiger partial charge in [0.15, 0.2) is 0 Å². The standard InChI is InChI=1S/C17H18ClNO2/c1-3-21-14-9-7-13(8-10-14)11-17(20)19-16-6-4-5-15(18)12(16)2/h4-10H,3,11H2,1-2H3,(H,19,20). The van der Waals surface area contributed by atoms with Gasteiger partial charge in [0.2, 0.25) is 5.91 Å². The van der Waals surface area contributed by atoms with E-state index in [1.165, 1.54) is 0 Å². The lowest BCUT2D eigenvalue weighted by atomic mass is 10.1. The van der Waals surface area contributed by atoms with Crippen LogP contribution in [0.5, 0.6) is 5.75 Å². The van der Waals surface area contributed by atoms with Crippen molar-refractivity contribution in [3.63, 3.8) is 0 Å². The Kier molecular flexibility index (Phi) is 5.23. The third kappa shape index (κ3) is 4.23. The molecule has 0 radical (unpaired) electrons. The highest BCUT2D eigenvalue weighted by Crippen LogP contribution is 2.23. The predicted octanol–water partition coefficient (Wildman–Crippen LogP) is 4.23. The van der Waals surface area contributed by atoms with Gasteiger partial charge in [-0.3, -0.25) is 4.79 Å². The molecule has 4 heteroatoms. The highest BCUT2D eigenvalue weighted by atomic mass is 35.5. The number of amides is 1. The first-order valence-corrected chi connectivity index (χ1v) is 7.24. The summed E-state index contributed by atoms with van der Waals surface area (Å²) in [4.78, 5) is 12.1. The van der Waals surface area contributed by atoms with Gasteiger partial charge in [-0.15, -0.1) is 0 Å². The van der Waals surface area contributed by atoms with E-state index in [0.29, 0.717) is 18.1 Å². The number of hydrogen-bond donors (Lipinski definition) is 1. The van der Waals surface area contributed by atoms with Gasteiger partial charge in [0, 0.05) is 10.7 Å². The largest absolute Gasteiger partial charge is 0.494 e. The third-order valence-corrected chi connectivity index (χ3v) is 3.55. The number of ether oxygens (including phenoxy) is 1. The maximum Gasteiger partial charge on any atom is 0.228 e. The molecule has 2 aromatic rings. The van der Waals surface area contributed by atoms with Gasteiger partial charge in [-0.2, -0.15) is 0 Å². The van der Waals surface area contributed by atoms with Crippen LogP contribution in [0.1, 0.15) is 18.1 Å². The van der Waals surface area contributed by atoms with Crippen molar-refractivity contribution in [2.45, 2.75) is 20.3 Å². The minimum atomic E-state index is -0.0653. The summed E-state index contributed by atoms with van der Waals surface area (Å²) >= 11 is 6.04. The van der Waals surface area contributed by atoms with E-state index in [2.05, 4.69) is 5.32 Å². The number of benzene rings is 2. The second kappa shape index (κ2) is 7.14. The zero-order chi connectivity index (χ0) is 15.2. The van der Waals surface area contributed by atoms with Crippen molar-refractivity contribution < 1.29 is 9.53 Å². The molecule has 0 aliphatic rings. The lowest BCUT2D eigenvalue weighted by molar-refractivity contribution is -0.115. The Balaban J connectivity index is 1.99. The molecule has 0 fully saturated rings. The zero-order valence-corrected chi connectivity index (χ0v) is 12.9. The molecule has 21 heavy (non-hydrogen) atoms. The lowest BCUT2D eigenvalue weighted by Gasteiger charge is -2.10. The molecule has 2 rings (SSSR count). The SMILES string of the molecule is CCOc1ccc(CC(=O)Nc2cccc(Cl)c2C)cc1. The van der Waals surface area contributed by atoms with Gasteiger partial charge >= 0.3 is 0 Å². The fourth-order valence-corrected chi connectivity index (χ4v) is 2.17. The first kappa shape index (κ1) is 15.4. The fourth-order valence-electron chi connectivity index (χ4n) is 1.99. The Morgan fingerprint density at radius 3 is 2.57 bits per heavy atom. The van der Waals surface area contributed by atoms with Gasteiger partial charge in [0.1, 0.15) is 5.75 Å². The Bertz CT molecular complexity index is 623. The maximum atomic E-state index is 12.1. The molecular weight excluding hydrogens is 286 g/mol. The predicted molar refractivity (Wildman–Crippen MR) is 86.1 cm³/mol. The summed E-state index contributed by atoms with van der Waals surface area (Å²) in [5, 5.41) is 3.53. The van der Waals surface area contributed by atoms with Crippen LogP contribution in [0.15, 0.2) is 42.5 Å². The zero-order valence-electron chi connectivity index (χ0n) is 12.2. The molecule has 2 aromatic carbocycles.